The largest absolute Gasteiger partial charge is 0.362 e. The molecule has 28 heavy (non-hydrogen) atoms. The molecule has 3 amide bonds. The topological polar surface area (TPSA) is 124 Å². The molecule has 0 unspecified atom stereocenters. The first kappa shape index (κ1) is 19.9. The molecule has 2 aliphatic rings. The second-order valence-electron chi connectivity index (χ2n) is 6.73. The maximum Gasteiger partial charge on any atom is 0.269 e. The highest BCUT2D eigenvalue weighted by molar-refractivity contribution is 6.33. The molecule has 3 rings (SSSR count). The fourth-order valence-corrected chi connectivity index (χ4v) is 3.52. The third kappa shape index (κ3) is 4.53. The number of nitrogens with one attached hydrogen (secondary N) is 5. The minimum Gasteiger partial charge on any atom is -0.362 e. The van der Waals surface area contributed by atoms with Gasteiger partial charge >= 0.3 is 0 Å². The first-order chi connectivity index (χ1) is 13.5. The number of anilines is 1. The van der Waals surface area contributed by atoms with Gasteiger partial charge in [0, 0.05) is 25.2 Å². The number of amides is 3. The number of hydrogen-bond donors (Lipinski definition) is 5. The van der Waals surface area contributed by atoms with Crippen molar-refractivity contribution in [3.63, 3.8) is 0 Å². The van der Waals surface area contributed by atoms with E-state index < -0.39 is 0 Å². The summed E-state index contributed by atoms with van der Waals surface area (Å²) < 4.78 is 0. The zero-order chi connectivity index (χ0) is 20.1. The highest BCUT2D eigenvalue weighted by atomic mass is 35.5. The lowest BCUT2D eigenvalue weighted by Crippen LogP contribution is -2.42. The maximum absolute atomic E-state index is 12.5. The van der Waals surface area contributed by atoms with E-state index in [1.54, 1.807) is 12.3 Å². The quantitative estimate of drug-likeness (QED) is 0.484. The molecule has 10 heteroatoms. The lowest BCUT2D eigenvalue weighted by Gasteiger charge is -2.28. The fraction of sp³-hybridized carbons (Fsp3) is 0.444. The average Bonchev–Trinajstić information content (AvgIpc) is 3.19. The van der Waals surface area contributed by atoms with E-state index in [0.717, 1.165) is 0 Å². The van der Waals surface area contributed by atoms with E-state index in [9.17, 15) is 14.4 Å². The number of aromatic nitrogens is 1. The van der Waals surface area contributed by atoms with Crippen molar-refractivity contribution in [1.29, 1.82) is 0 Å². The summed E-state index contributed by atoms with van der Waals surface area (Å²) in [4.78, 5) is 40.7. The Hall–Kier alpha value is -2.81. The molecule has 0 radical (unpaired) electrons. The number of hydrogen-bond acceptors (Lipinski definition) is 6. The molecule has 1 aliphatic heterocycles. The Bertz CT molecular complexity index is 804. The predicted molar refractivity (Wildman–Crippen MR) is 104 cm³/mol. The smallest absolute Gasteiger partial charge is 0.269 e. The highest BCUT2D eigenvalue weighted by Crippen LogP contribution is 2.27. The van der Waals surface area contributed by atoms with Crippen LogP contribution in [0.3, 0.4) is 0 Å². The van der Waals surface area contributed by atoms with Crippen LogP contribution in [0.25, 0.3) is 0 Å². The second kappa shape index (κ2) is 8.92. The lowest BCUT2D eigenvalue weighted by molar-refractivity contribution is -0.121. The van der Waals surface area contributed by atoms with Crippen molar-refractivity contribution in [2.45, 2.75) is 31.7 Å². The van der Waals surface area contributed by atoms with E-state index >= 15 is 0 Å². The van der Waals surface area contributed by atoms with Crippen LogP contribution >= 0.6 is 11.6 Å². The summed E-state index contributed by atoms with van der Waals surface area (Å²) in [6.07, 6.45) is 5.75. The van der Waals surface area contributed by atoms with Crippen LogP contribution < -0.4 is 26.6 Å². The Kier molecular flexibility index (Phi) is 6.35. The normalized spacial score (nSPS) is 21.4. The Morgan fingerprint density at radius 3 is 2.43 bits per heavy atom. The highest BCUT2D eigenvalue weighted by Gasteiger charge is 2.30. The van der Waals surface area contributed by atoms with Crippen molar-refractivity contribution in [1.82, 2.24) is 26.3 Å². The summed E-state index contributed by atoms with van der Waals surface area (Å²) in [5.74, 6) is -0.898. The van der Waals surface area contributed by atoms with Crippen LogP contribution in [0.1, 0.15) is 25.7 Å². The van der Waals surface area contributed by atoms with E-state index in [1.165, 1.54) is 13.2 Å². The van der Waals surface area contributed by atoms with Gasteiger partial charge < -0.3 is 26.6 Å². The van der Waals surface area contributed by atoms with Gasteiger partial charge in [-0.15, -0.1) is 0 Å². The van der Waals surface area contributed by atoms with Crippen LogP contribution in [0.15, 0.2) is 29.9 Å². The van der Waals surface area contributed by atoms with Gasteiger partial charge in [0.05, 0.1) is 23.6 Å². The van der Waals surface area contributed by atoms with Gasteiger partial charge in [-0.25, -0.2) is 0 Å². The van der Waals surface area contributed by atoms with Gasteiger partial charge in [-0.1, -0.05) is 11.6 Å². The third-order valence-corrected chi connectivity index (χ3v) is 5.25. The molecule has 2 heterocycles. The van der Waals surface area contributed by atoms with Crippen molar-refractivity contribution < 1.29 is 14.4 Å². The number of likely N-dealkylation sites (N-methyl/N-ethyl adjacent to an activating group) is 1. The van der Waals surface area contributed by atoms with Gasteiger partial charge in [-0.3, -0.25) is 19.4 Å². The molecule has 9 nitrogen and oxygen atoms in total. The Morgan fingerprint density at radius 1 is 1.11 bits per heavy atom. The minimum absolute atomic E-state index is 0.0423. The van der Waals surface area contributed by atoms with Gasteiger partial charge in [0.1, 0.15) is 11.4 Å². The van der Waals surface area contributed by atoms with E-state index in [4.69, 9.17) is 11.6 Å². The monoisotopic (exact) mass is 406 g/mol. The van der Waals surface area contributed by atoms with Gasteiger partial charge in [-0.2, -0.15) is 0 Å². The molecule has 1 aromatic rings. The summed E-state index contributed by atoms with van der Waals surface area (Å²) in [6.45, 7) is 0.329. The maximum atomic E-state index is 12.5. The van der Waals surface area contributed by atoms with Gasteiger partial charge in [0.25, 0.3) is 11.8 Å². The van der Waals surface area contributed by atoms with Crippen LogP contribution in [0.5, 0.6) is 0 Å². The fourth-order valence-electron chi connectivity index (χ4n) is 3.37. The van der Waals surface area contributed by atoms with Crippen LogP contribution in [0.4, 0.5) is 5.69 Å². The Balaban J connectivity index is 1.51. The lowest BCUT2D eigenvalue weighted by atomic mass is 9.85. The van der Waals surface area contributed by atoms with Gasteiger partial charge in [0.2, 0.25) is 5.91 Å². The van der Waals surface area contributed by atoms with E-state index in [0.29, 0.717) is 43.1 Å². The number of pyridine rings is 1. The van der Waals surface area contributed by atoms with Crippen molar-refractivity contribution in [3.8, 4) is 0 Å². The molecule has 5 N–H and O–H groups in total. The summed E-state index contributed by atoms with van der Waals surface area (Å²) in [5.41, 5.74) is 0.977. The van der Waals surface area contributed by atoms with E-state index in [2.05, 4.69) is 31.6 Å². The number of carbonyl (C=O) groups is 3. The first-order valence-corrected chi connectivity index (χ1v) is 9.52. The summed E-state index contributed by atoms with van der Waals surface area (Å²) in [7, 11) is 1.51. The molecular formula is C18H23ClN6O3. The molecule has 150 valence electrons. The zero-order valence-corrected chi connectivity index (χ0v) is 16.2. The summed E-state index contributed by atoms with van der Waals surface area (Å²) >= 11 is 6.05. The Labute approximate surface area is 167 Å². The summed E-state index contributed by atoms with van der Waals surface area (Å²) in [5, 5.41) is 14.4. The molecule has 0 aromatic carbocycles. The van der Waals surface area contributed by atoms with Gasteiger partial charge in [-0.05, 0) is 31.7 Å². The molecule has 1 aliphatic carbocycles. The number of carbonyl (C=O) groups excluding carboxylic acids is 3. The van der Waals surface area contributed by atoms with Gasteiger partial charge in [0.15, 0.2) is 0 Å². The van der Waals surface area contributed by atoms with Crippen molar-refractivity contribution in [2.24, 2.45) is 5.92 Å². The van der Waals surface area contributed by atoms with Crippen molar-refractivity contribution in [2.75, 3.05) is 19.0 Å². The summed E-state index contributed by atoms with van der Waals surface area (Å²) in [6, 6.07) is 1.58. The molecule has 1 aromatic heterocycles. The molecule has 0 spiro atoms. The minimum atomic E-state index is -0.343. The standard InChI is InChI=1S/C18H23ClN6O3/c1-20-17(27)14-15(23-9-22-14)18(28)24-11-4-2-10(3-5-11)16(26)25-13-8-21-7-6-12(13)19/h6-8,10-11,22-23H,2-5,9H2,1H3,(H,20,27)(H,24,28)(H,25,26). The molecule has 0 saturated heterocycles. The number of nitrogens with zero attached hydrogens (tertiary/aromatic N) is 1. The molecule has 1 saturated carbocycles. The van der Waals surface area contributed by atoms with Crippen molar-refractivity contribution >= 4 is 35.0 Å². The van der Waals surface area contributed by atoms with Crippen molar-refractivity contribution in [3.05, 3.63) is 34.9 Å². The third-order valence-electron chi connectivity index (χ3n) is 4.92. The molecule has 0 atom stereocenters. The van der Waals surface area contributed by atoms with E-state index in [1.807, 2.05) is 0 Å². The van der Waals surface area contributed by atoms with E-state index in [-0.39, 0.29) is 41.1 Å². The number of halogens is 1. The average molecular weight is 407 g/mol. The SMILES string of the molecule is CNC(=O)C1=C(C(=O)NC2CCC(C(=O)Nc3cnccc3Cl)CC2)NCN1. The van der Waals surface area contributed by atoms with Crippen LogP contribution in [-0.4, -0.2) is 42.5 Å². The molecule has 1 fully saturated rings. The Morgan fingerprint density at radius 2 is 1.79 bits per heavy atom. The first-order valence-electron chi connectivity index (χ1n) is 9.15. The molecule has 0 bridgehead atoms. The predicted octanol–water partition coefficient (Wildman–Crippen LogP) is 0.456. The second-order valence-corrected chi connectivity index (χ2v) is 7.13. The van der Waals surface area contributed by atoms with Crippen LogP contribution in [0.2, 0.25) is 5.02 Å². The van der Waals surface area contributed by atoms with Crippen LogP contribution in [-0.2, 0) is 14.4 Å². The zero-order valence-electron chi connectivity index (χ0n) is 15.5. The molecular weight excluding hydrogens is 384 g/mol. The number of rotatable bonds is 5. The van der Waals surface area contributed by atoms with Crippen LogP contribution in [0, 0.1) is 5.92 Å².